The second-order valence-electron chi connectivity index (χ2n) is 4.17. The number of carbonyl (C=O) groups is 1. The number of carboxylic acids is 1. The monoisotopic (exact) mass is 220 g/mol. The van der Waals surface area contributed by atoms with E-state index in [9.17, 15) is 4.79 Å². The molecule has 0 fully saturated rings. The minimum atomic E-state index is -0.948. The van der Waals surface area contributed by atoms with Crippen molar-refractivity contribution in [3.05, 3.63) is 29.3 Å². The molecule has 1 aliphatic rings. The molecule has 0 saturated heterocycles. The number of anilines is 1. The Morgan fingerprint density at radius 2 is 2.38 bits per heavy atom. The molecule has 0 aliphatic carbocycles. The number of carboxylic acid groups (broad SMARTS) is 1. The Hall–Kier alpha value is -1.55. The summed E-state index contributed by atoms with van der Waals surface area (Å²) in [4.78, 5) is 10.7. The predicted molar refractivity (Wildman–Crippen MR) is 62.6 cm³/mol. The molecule has 4 nitrogen and oxygen atoms in total. The summed E-state index contributed by atoms with van der Waals surface area (Å²) in [5, 5.41) is 12.1. The van der Waals surface area contributed by atoms with E-state index < -0.39 is 12.0 Å². The Morgan fingerprint density at radius 1 is 1.56 bits per heavy atom. The number of rotatable bonds is 3. The van der Waals surface area contributed by atoms with Crippen LogP contribution in [-0.2, 0) is 17.6 Å². The lowest BCUT2D eigenvalue weighted by molar-refractivity contribution is -0.138. The lowest BCUT2D eigenvalue weighted by Crippen LogP contribution is -2.32. The van der Waals surface area contributed by atoms with Crippen molar-refractivity contribution >= 4 is 11.7 Å². The molecule has 0 saturated carbocycles. The van der Waals surface area contributed by atoms with Gasteiger partial charge in [0.05, 0.1) is 0 Å². The molecule has 1 aromatic rings. The smallest absolute Gasteiger partial charge is 0.320 e. The second-order valence-corrected chi connectivity index (χ2v) is 4.17. The molecule has 0 spiro atoms. The Bertz CT molecular complexity index is 404. The number of benzene rings is 1. The van der Waals surface area contributed by atoms with Crippen molar-refractivity contribution in [1.29, 1.82) is 0 Å². The van der Waals surface area contributed by atoms with E-state index in [-0.39, 0.29) is 0 Å². The quantitative estimate of drug-likeness (QED) is 0.710. The molecule has 4 heteroatoms. The van der Waals surface area contributed by atoms with Gasteiger partial charge in [0.25, 0.3) is 0 Å². The van der Waals surface area contributed by atoms with Crippen molar-refractivity contribution in [1.82, 2.24) is 0 Å². The third-order valence-electron chi connectivity index (χ3n) is 2.88. The van der Waals surface area contributed by atoms with Gasteiger partial charge in [-0.15, -0.1) is 0 Å². The van der Waals surface area contributed by atoms with E-state index in [0.29, 0.717) is 6.42 Å². The van der Waals surface area contributed by atoms with Crippen LogP contribution in [0, 0.1) is 0 Å². The van der Waals surface area contributed by atoms with Crippen LogP contribution in [0.2, 0.25) is 0 Å². The van der Waals surface area contributed by atoms with Gasteiger partial charge in [0.2, 0.25) is 0 Å². The van der Waals surface area contributed by atoms with Crippen LogP contribution in [0.1, 0.15) is 17.5 Å². The van der Waals surface area contributed by atoms with Crippen LogP contribution < -0.4 is 11.1 Å². The molecule has 16 heavy (non-hydrogen) atoms. The largest absolute Gasteiger partial charge is 0.480 e. The Morgan fingerprint density at radius 3 is 3.12 bits per heavy atom. The van der Waals surface area contributed by atoms with Gasteiger partial charge >= 0.3 is 5.97 Å². The zero-order valence-corrected chi connectivity index (χ0v) is 9.07. The average Bonchev–Trinajstić information content (AvgIpc) is 2.28. The van der Waals surface area contributed by atoms with Crippen molar-refractivity contribution in [2.75, 3.05) is 11.9 Å². The number of aryl methyl sites for hydroxylation is 1. The standard InChI is InChI=1S/C12H16N2O2/c13-10(12(15)16)7-8-3-4-11-9(6-8)2-1-5-14-11/h3-4,6,10,14H,1-2,5,7,13H2,(H,15,16)/t10-/m0/s1. The zero-order valence-electron chi connectivity index (χ0n) is 9.07. The van der Waals surface area contributed by atoms with Gasteiger partial charge in [0.1, 0.15) is 6.04 Å². The first kappa shape index (κ1) is 11.0. The van der Waals surface area contributed by atoms with Crippen LogP contribution in [0.3, 0.4) is 0 Å². The van der Waals surface area contributed by atoms with E-state index in [4.69, 9.17) is 10.8 Å². The second kappa shape index (κ2) is 4.53. The van der Waals surface area contributed by atoms with E-state index in [0.717, 1.165) is 24.9 Å². The van der Waals surface area contributed by atoms with Crippen molar-refractivity contribution in [2.24, 2.45) is 5.73 Å². The highest BCUT2D eigenvalue weighted by Gasteiger charge is 2.14. The van der Waals surface area contributed by atoms with Gasteiger partial charge in [0, 0.05) is 12.2 Å². The highest BCUT2D eigenvalue weighted by molar-refractivity contribution is 5.73. The van der Waals surface area contributed by atoms with Crippen LogP contribution in [0.25, 0.3) is 0 Å². The van der Waals surface area contributed by atoms with Gasteiger partial charge in [-0.1, -0.05) is 12.1 Å². The van der Waals surface area contributed by atoms with E-state index in [1.54, 1.807) is 0 Å². The summed E-state index contributed by atoms with van der Waals surface area (Å²) in [5.41, 5.74) is 8.94. The number of nitrogens with two attached hydrogens (primary N) is 1. The lowest BCUT2D eigenvalue weighted by Gasteiger charge is -2.19. The molecule has 0 radical (unpaired) electrons. The maximum absolute atomic E-state index is 10.7. The molecule has 1 aromatic carbocycles. The van der Waals surface area contributed by atoms with Gasteiger partial charge in [-0.05, 0) is 36.5 Å². The zero-order chi connectivity index (χ0) is 11.5. The predicted octanol–water partition coefficient (Wildman–Crippen LogP) is 0.999. The van der Waals surface area contributed by atoms with Gasteiger partial charge in [-0.2, -0.15) is 0 Å². The summed E-state index contributed by atoms with van der Waals surface area (Å²) < 4.78 is 0. The summed E-state index contributed by atoms with van der Waals surface area (Å²) in [5.74, 6) is -0.948. The molecule has 1 atom stereocenters. The minimum absolute atomic E-state index is 0.391. The van der Waals surface area contributed by atoms with Crippen molar-refractivity contribution < 1.29 is 9.90 Å². The van der Waals surface area contributed by atoms with Gasteiger partial charge in [0.15, 0.2) is 0 Å². The van der Waals surface area contributed by atoms with Crippen molar-refractivity contribution in [3.63, 3.8) is 0 Å². The van der Waals surface area contributed by atoms with Crippen LogP contribution >= 0.6 is 0 Å². The molecule has 0 amide bonds. The van der Waals surface area contributed by atoms with E-state index in [1.165, 1.54) is 11.3 Å². The highest BCUT2D eigenvalue weighted by atomic mass is 16.4. The van der Waals surface area contributed by atoms with E-state index in [1.807, 2.05) is 12.1 Å². The highest BCUT2D eigenvalue weighted by Crippen LogP contribution is 2.23. The Balaban J connectivity index is 2.14. The Kier molecular flexibility index (Phi) is 3.10. The van der Waals surface area contributed by atoms with Crippen molar-refractivity contribution in [2.45, 2.75) is 25.3 Å². The fraction of sp³-hybridized carbons (Fsp3) is 0.417. The molecule has 0 bridgehead atoms. The Labute approximate surface area is 94.5 Å². The van der Waals surface area contributed by atoms with Gasteiger partial charge < -0.3 is 16.2 Å². The molecule has 1 aliphatic heterocycles. The maximum Gasteiger partial charge on any atom is 0.320 e. The summed E-state index contributed by atoms with van der Waals surface area (Å²) in [7, 11) is 0. The summed E-state index contributed by atoms with van der Waals surface area (Å²) in [6.07, 6.45) is 2.57. The van der Waals surface area contributed by atoms with Crippen LogP contribution in [0.15, 0.2) is 18.2 Å². The van der Waals surface area contributed by atoms with Crippen LogP contribution in [0.5, 0.6) is 0 Å². The first-order chi connectivity index (χ1) is 7.66. The SMILES string of the molecule is N[C@@H](Cc1ccc2c(c1)CCCN2)C(=O)O. The fourth-order valence-electron chi connectivity index (χ4n) is 2.00. The van der Waals surface area contributed by atoms with Crippen LogP contribution in [-0.4, -0.2) is 23.7 Å². The van der Waals surface area contributed by atoms with Crippen molar-refractivity contribution in [3.8, 4) is 0 Å². The molecule has 2 rings (SSSR count). The number of nitrogens with one attached hydrogen (secondary N) is 1. The number of aliphatic carboxylic acids is 1. The fourth-order valence-corrected chi connectivity index (χ4v) is 2.00. The topological polar surface area (TPSA) is 75.3 Å². The lowest BCUT2D eigenvalue weighted by atomic mass is 9.98. The summed E-state index contributed by atoms with van der Waals surface area (Å²) >= 11 is 0. The van der Waals surface area contributed by atoms with E-state index >= 15 is 0 Å². The normalized spacial score (nSPS) is 16.1. The molecular formula is C12H16N2O2. The third kappa shape index (κ3) is 2.33. The number of fused-ring (bicyclic) bond motifs is 1. The first-order valence-corrected chi connectivity index (χ1v) is 5.51. The molecule has 86 valence electrons. The molecule has 0 aromatic heterocycles. The van der Waals surface area contributed by atoms with Gasteiger partial charge in [-0.25, -0.2) is 0 Å². The molecule has 4 N–H and O–H groups in total. The summed E-state index contributed by atoms with van der Waals surface area (Å²) in [6.45, 7) is 1.01. The third-order valence-corrected chi connectivity index (χ3v) is 2.88. The maximum atomic E-state index is 10.7. The van der Waals surface area contributed by atoms with E-state index in [2.05, 4.69) is 11.4 Å². The summed E-state index contributed by atoms with van der Waals surface area (Å²) in [6, 6.07) is 5.21. The minimum Gasteiger partial charge on any atom is -0.480 e. The van der Waals surface area contributed by atoms with Crippen LogP contribution in [0.4, 0.5) is 5.69 Å². The molecular weight excluding hydrogens is 204 g/mol. The first-order valence-electron chi connectivity index (χ1n) is 5.51. The number of hydrogen-bond donors (Lipinski definition) is 3. The molecule has 0 unspecified atom stereocenters. The van der Waals surface area contributed by atoms with Gasteiger partial charge in [-0.3, -0.25) is 4.79 Å². The molecule has 1 heterocycles. The number of hydrogen-bond acceptors (Lipinski definition) is 3. The average molecular weight is 220 g/mol.